The zero-order valence-corrected chi connectivity index (χ0v) is 11.4. The van der Waals surface area contributed by atoms with Crippen molar-refractivity contribution in [2.45, 2.75) is 31.7 Å². The van der Waals surface area contributed by atoms with Crippen molar-refractivity contribution in [1.29, 1.82) is 0 Å². The highest BCUT2D eigenvalue weighted by molar-refractivity contribution is 7.80. The van der Waals surface area contributed by atoms with Crippen LogP contribution in [-0.2, 0) is 4.74 Å². The minimum atomic E-state index is -0.0781. The molecule has 1 amide bonds. The van der Waals surface area contributed by atoms with E-state index < -0.39 is 0 Å². The van der Waals surface area contributed by atoms with Gasteiger partial charge in [0.25, 0.3) is 5.91 Å². The molecule has 1 unspecified atom stereocenters. The van der Waals surface area contributed by atoms with Crippen LogP contribution < -0.4 is 5.32 Å². The normalized spacial score (nSPS) is 12.2. The molecule has 0 aliphatic heterocycles. The molecule has 3 nitrogen and oxygen atoms in total. The van der Waals surface area contributed by atoms with Crippen molar-refractivity contribution < 1.29 is 9.53 Å². The number of ether oxygens (including phenoxy) is 1. The van der Waals surface area contributed by atoms with Crippen molar-refractivity contribution in [3.05, 3.63) is 29.3 Å². The molecule has 1 rings (SSSR count). The average molecular weight is 253 g/mol. The molecule has 0 aliphatic rings. The van der Waals surface area contributed by atoms with Crippen LogP contribution in [0, 0.1) is 6.92 Å². The summed E-state index contributed by atoms with van der Waals surface area (Å²) >= 11 is 4.24. The first-order valence-corrected chi connectivity index (χ1v) is 6.17. The largest absolute Gasteiger partial charge is 0.380 e. The number of nitrogens with one attached hydrogen (secondary N) is 1. The summed E-state index contributed by atoms with van der Waals surface area (Å²) < 4.78 is 5.26. The van der Waals surface area contributed by atoms with E-state index in [9.17, 15) is 4.79 Å². The highest BCUT2D eigenvalue weighted by atomic mass is 32.1. The van der Waals surface area contributed by atoms with Gasteiger partial charge in [0.15, 0.2) is 0 Å². The average Bonchev–Trinajstić information content (AvgIpc) is 2.29. The topological polar surface area (TPSA) is 38.3 Å². The second kappa shape index (κ2) is 6.67. The number of hydrogen-bond donors (Lipinski definition) is 2. The second-order valence-corrected chi connectivity index (χ2v) is 4.55. The van der Waals surface area contributed by atoms with Crippen molar-refractivity contribution in [2.75, 3.05) is 13.2 Å². The standard InChI is InChI=1S/C13H19NO2S/c1-4-16-8-10(3)14-13(15)12-7-11(17)6-5-9(12)2/h5-7,10,17H,4,8H2,1-3H3,(H,14,15). The Morgan fingerprint density at radius 3 is 2.88 bits per heavy atom. The Bertz CT molecular complexity index is 393. The molecule has 1 aromatic rings. The van der Waals surface area contributed by atoms with Crippen LogP contribution in [0.4, 0.5) is 0 Å². The third kappa shape index (κ3) is 4.40. The van der Waals surface area contributed by atoms with Crippen molar-refractivity contribution in [3.8, 4) is 0 Å². The Kier molecular flexibility index (Phi) is 5.51. The molecule has 94 valence electrons. The molecular formula is C13H19NO2S. The summed E-state index contributed by atoms with van der Waals surface area (Å²) in [5.41, 5.74) is 1.62. The molecule has 1 N–H and O–H groups in total. The summed E-state index contributed by atoms with van der Waals surface area (Å²) in [6.07, 6.45) is 0. The lowest BCUT2D eigenvalue weighted by molar-refractivity contribution is 0.0871. The molecule has 0 spiro atoms. The molecule has 0 radical (unpaired) electrons. The highest BCUT2D eigenvalue weighted by Gasteiger charge is 2.12. The molecule has 0 heterocycles. The van der Waals surface area contributed by atoms with Gasteiger partial charge in [-0.2, -0.15) is 0 Å². The fourth-order valence-electron chi connectivity index (χ4n) is 1.49. The maximum atomic E-state index is 12.0. The van der Waals surface area contributed by atoms with Crippen molar-refractivity contribution in [1.82, 2.24) is 5.32 Å². The van der Waals surface area contributed by atoms with Crippen molar-refractivity contribution in [3.63, 3.8) is 0 Å². The summed E-state index contributed by atoms with van der Waals surface area (Å²) in [5.74, 6) is -0.0781. The molecular weight excluding hydrogens is 234 g/mol. The number of aryl methyl sites for hydroxylation is 1. The van der Waals surface area contributed by atoms with E-state index in [-0.39, 0.29) is 11.9 Å². The van der Waals surface area contributed by atoms with E-state index in [0.717, 1.165) is 10.5 Å². The van der Waals surface area contributed by atoms with Crippen LogP contribution in [0.15, 0.2) is 23.1 Å². The first kappa shape index (κ1) is 14.1. The molecule has 0 saturated carbocycles. The Labute approximate surface area is 108 Å². The quantitative estimate of drug-likeness (QED) is 0.791. The number of carbonyl (C=O) groups is 1. The van der Waals surface area contributed by atoms with Crippen LogP contribution in [0.3, 0.4) is 0 Å². The number of rotatable bonds is 5. The first-order chi connectivity index (χ1) is 8.04. The van der Waals surface area contributed by atoms with Gasteiger partial charge in [-0.05, 0) is 38.5 Å². The second-order valence-electron chi connectivity index (χ2n) is 4.03. The van der Waals surface area contributed by atoms with E-state index in [1.54, 1.807) is 6.07 Å². The molecule has 0 bridgehead atoms. The Balaban J connectivity index is 2.66. The zero-order valence-electron chi connectivity index (χ0n) is 10.5. The molecule has 17 heavy (non-hydrogen) atoms. The van der Waals surface area contributed by atoms with Gasteiger partial charge in [0.1, 0.15) is 0 Å². The van der Waals surface area contributed by atoms with E-state index in [1.807, 2.05) is 32.9 Å². The van der Waals surface area contributed by atoms with Gasteiger partial charge in [0, 0.05) is 23.1 Å². The first-order valence-electron chi connectivity index (χ1n) is 5.72. The predicted octanol–water partition coefficient (Wildman–Crippen LogP) is 2.44. The van der Waals surface area contributed by atoms with Gasteiger partial charge >= 0.3 is 0 Å². The smallest absolute Gasteiger partial charge is 0.251 e. The van der Waals surface area contributed by atoms with Gasteiger partial charge in [-0.1, -0.05) is 6.07 Å². The number of thiol groups is 1. The minimum absolute atomic E-state index is 0.00502. The van der Waals surface area contributed by atoms with Crippen molar-refractivity contribution >= 4 is 18.5 Å². The summed E-state index contributed by atoms with van der Waals surface area (Å²) in [6.45, 7) is 6.96. The lowest BCUT2D eigenvalue weighted by Crippen LogP contribution is -2.36. The third-order valence-electron chi connectivity index (χ3n) is 2.42. The Hall–Kier alpha value is -1.00. The summed E-state index contributed by atoms with van der Waals surface area (Å²) in [5, 5.41) is 2.90. The van der Waals surface area contributed by atoms with E-state index >= 15 is 0 Å². The van der Waals surface area contributed by atoms with Crippen LogP contribution in [0.5, 0.6) is 0 Å². The van der Waals surface area contributed by atoms with E-state index in [2.05, 4.69) is 17.9 Å². The SMILES string of the molecule is CCOCC(C)NC(=O)c1cc(S)ccc1C. The van der Waals surface area contributed by atoms with Gasteiger partial charge < -0.3 is 10.1 Å². The molecule has 1 aromatic carbocycles. The lowest BCUT2D eigenvalue weighted by Gasteiger charge is -2.14. The maximum absolute atomic E-state index is 12.0. The van der Waals surface area contributed by atoms with Gasteiger partial charge in [-0.3, -0.25) is 4.79 Å². The molecule has 4 heteroatoms. The van der Waals surface area contributed by atoms with Crippen LogP contribution >= 0.6 is 12.6 Å². The fraction of sp³-hybridized carbons (Fsp3) is 0.462. The Morgan fingerprint density at radius 1 is 1.53 bits per heavy atom. The Morgan fingerprint density at radius 2 is 2.24 bits per heavy atom. The molecule has 0 aliphatic carbocycles. The zero-order chi connectivity index (χ0) is 12.8. The van der Waals surface area contributed by atoms with Gasteiger partial charge in [0.05, 0.1) is 6.61 Å². The van der Waals surface area contributed by atoms with E-state index in [0.29, 0.717) is 18.8 Å². The minimum Gasteiger partial charge on any atom is -0.380 e. The number of amides is 1. The number of carbonyl (C=O) groups excluding carboxylic acids is 1. The van der Waals surface area contributed by atoms with Crippen LogP contribution in [0.2, 0.25) is 0 Å². The summed E-state index contributed by atoms with van der Waals surface area (Å²) in [7, 11) is 0. The molecule has 1 atom stereocenters. The number of benzene rings is 1. The highest BCUT2D eigenvalue weighted by Crippen LogP contribution is 2.14. The summed E-state index contributed by atoms with van der Waals surface area (Å²) in [4.78, 5) is 12.8. The van der Waals surface area contributed by atoms with Gasteiger partial charge in [0.2, 0.25) is 0 Å². The van der Waals surface area contributed by atoms with Crippen LogP contribution in [0.1, 0.15) is 29.8 Å². The van der Waals surface area contributed by atoms with Crippen molar-refractivity contribution in [2.24, 2.45) is 0 Å². The number of hydrogen-bond acceptors (Lipinski definition) is 3. The molecule has 0 aromatic heterocycles. The van der Waals surface area contributed by atoms with E-state index in [1.165, 1.54) is 0 Å². The third-order valence-corrected chi connectivity index (χ3v) is 2.69. The lowest BCUT2D eigenvalue weighted by atomic mass is 10.1. The fourth-order valence-corrected chi connectivity index (χ4v) is 1.70. The maximum Gasteiger partial charge on any atom is 0.251 e. The monoisotopic (exact) mass is 253 g/mol. The molecule has 0 fully saturated rings. The molecule has 0 saturated heterocycles. The summed E-state index contributed by atoms with van der Waals surface area (Å²) in [6, 6.07) is 5.55. The van der Waals surface area contributed by atoms with Gasteiger partial charge in [-0.25, -0.2) is 0 Å². The van der Waals surface area contributed by atoms with E-state index in [4.69, 9.17) is 4.74 Å². The van der Waals surface area contributed by atoms with Gasteiger partial charge in [-0.15, -0.1) is 12.6 Å². The van der Waals surface area contributed by atoms with Crippen LogP contribution in [0.25, 0.3) is 0 Å². The predicted molar refractivity (Wildman–Crippen MR) is 71.9 cm³/mol. The van der Waals surface area contributed by atoms with Crippen LogP contribution in [-0.4, -0.2) is 25.2 Å².